The third-order valence-corrected chi connectivity index (χ3v) is 5.75. The van der Waals surface area contributed by atoms with Gasteiger partial charge in [0, 0.05) is 26.7 Å². The average Bonchev–Trinajstić information content (AvgIpc) is 2.98. The quantitative estimate of drug-likeness (QED) is 0.835. The van der Waals surface area contributed by atoms with E-state index in [1.807, 2.05) is 0 Å². The molecule has 2 aliphatic rings. The lowest BCUT2D eigenvalue weighted by Crippen LogP contribution is -2.50. The van der Waals surface area contributed by atoms with E-state index in [0.717, 1.165) is 52.0 Å². The highest BCUT2D eigenvalue weighted by Crippen LogP contribution is 2.44. The zero-order valence-electron chi connectivity index (χ0n) is 15.0. The Morgan fingerprint density at radius 3 is 2.92 bits per heavy atom. The lowest BCUT2D eigenvalue weighted by atomic mass is 9.63. The Hall–Kier alpha value is -1.39. The molecule has 0 aromatic heterocycles. The summed E-state index contributed by atoms with van der Waals surface area (Å²) in [5.41, 5.74) is 2.15. The summed E-state index contributed by atoms with van der Waals surface area (Å²) in [7, 11) is 1.75. The highest BCUT2D eigenvalue weighted by atomic mass is 16.5. The van der Waals surface area contributed by atoms with E-state index in [0.29, 0.717) is 5.92 Å². The zero-order chi connectivity index (χ0) is 17.0. The fourth-order valence-electron chi connectivity index (χ4n) is 4.03. The summed E-state index contributed by atoms with van der Waals surface area (Å²) in [6.45, 7) is 6.87. The fraction of sp³-hybridized carbons (Fsp3) is 0.650. The van der Waals surface area contributed by atoms with E-state index in [-0.39, 0.29) is 11.3 Å². The molecule has 1 aliphatic heterocycles. The van der Waals surface area contributed by atoms with Gasteiger partial charge < -0.3 is 15.0 Å². The van der Waals surface area contributed by atoms with Gasteiger partial charge in [-0.25, -0.2) is 0 Å². The van der Waals surface area contributed by atoms with Gasteiger partial charge in [0.25, 0.3) is 0 Å². The summed E-state index contributed by atoms with van der Waals surface area (Å²) in [6, 6.07) is 8.47. The molecule has 0 spiro atoms. The number of carbonyl (C=O) groups is 1. The normalized spacial score (nSPS) is 23.0. The van der Waals surface area contributed by atoms with Crippen LogP contribution in [0.25, 0.3) is 0 Å². The van der Waals surface area contributed by atoms with Crippen LogP contribution in [0.5, 0.6) is 0 Å². The van der Waals surface area contributed by atoms with Crippen molar-refractivity contribution < 1.29 is 9.53 Å². The SMILES string of the molecule is COCCN1CC[C@H](CNC(=O)C2(c3cccc(C)c3)CCC2)C1. The van der Waals surface area contributed by atoms with Crippen molar-refractivity contribution in [2.45, 2.75) is 38.0 Å². The lowest BCUT2D eigenvalue weighted by Gasteiger charge is -2.41. The third-order valence-electron chi connectivity index (χ3n) is 5.75. The molecule has 24 heavy (non-hydrogen) atoms. The van der Waals surface area contributed by atoms with Crippen LogP contribution in [0.15, 0.2) is 24.3 Å². The molecule has 1 aromatic rings. The van der Waals surface area contributed by atoms with Crippen LogP contribution in [0.1, 0.15) is 36.8 Å². The van der Waals surface area contributed by atoms with Crippen LogP contribution in [0.3, 0.4) is 0 Å². The molecule has 4 heteroatoms. The average molecular weight is 330 g/mol. The van der Waals surface area contributed by atoms with Crippen LogP contribution in [0.2, 0.25) is 0 Å². The van der Waals surface area contributed by atoms with Crippen LogP contribution >= 0.6 is 0 Å². The number of carbonyl (C=O) groups excluding carboxylic acids is 1. The first-order chi connectivity index (χ1) is 11.6. The number of ether oxygens (including phenoxy) is 1. The van der Waals surface area contributed by atoms with Gasteiger partial charge in [0.2, 0.25) is 5.91 Å². The maximum atomic E-state index is 12.9. The van der Waals surface area contributed by atoms with E-state index < -0.39 is 0 Å². The predicted molar refractivity (Wildman–Crippen MR) is 96.1 cm³/mol. The van der Waals surface area contributed by atoms with Gasteiger partial charge >= 0.3 is 0 Å². The van der Waals surface area contributed by atoms with Crippen molar-refractivity contribution in [1.82, 2.24) is 10.2 Å². The number of hydrogen-bond donors (Lipinski definition) is 1. The molecule has 1 N–H and O–H groups in total. The van der Waals surface area contributed by atoms with Crippen molar-refractivity contribution in [1.29, 1.82) is 0 Å². The van der Waals surface area contributed by atoms with Gasteiger partial charge in [0.1, 0.15) is 0 Å². The highest BCUT2D eigenvalue weighted by Gasteiger charge is 2.45. The number of nitrogens with one attached hydrogen (secondary N) is 1. The Morgan fingerprint density at radius 2 is 2.25 bits per heavy atom. The predicted octanol–water partition coefficient (Wildman–Crippen LogP) is 2.50. The number of methoxy groups -OCH3 is 1. The van der Waals surface area contributed by atoms with Crippen molar-refractivity contribution in [2.75, 3.05) is 39.9 Å². The summed E-state index contributed by atoms with van der Waals surface area (Å²) >= 11 is 0. The Labute approximate surface area is 145 Å². The monoisotopic (exact) mass is 330 g/mol. The van der Waals surface area contributed by atoms with Crippen LogP contribution in [-0.2, 0) is 14.9 Å². The van der Waals surface area contributed by atoms with Crippen LogP contribution in [0, 0.1) is 12.8 Å². The smallest absolute Gasteiger partial charge is 0.230 e. The van der Waals surface area contributed by atoms with Crippen molar-refractivity contribution in [3.8, 4) is 0 Å². The molecule has 1 saturated heterocycles. The lowest BCUT2D eigenvalue weighted by molar-refractivity contribution is -0.130. The van der Waals surface area contributed by atoms with E-state index in [9.17, 15) is 4.79 Å². The minimum atomic E-state index is -0.277. The summed E-state index contributed by atoms with van der Waals surface area (Å²) in [5, 5.41) is 3.27. The van der Waals surface area contributed by atoms with Gasteiger partial charge in [-0.2, -0.15) is 0 Å². The van der Waals surface area contributed by atoms with E-state index in [4.69, 9.17) is 4.74 Å². The Morgan fingerprint density at radius 1 is 1.42 bits per heavy atom. The highest BCUT2D eigenvalue weighted by molar-refractivity contribution is 5.89. The molecule has 2 fully saturated rings. The third kappa shape index (κ3) is 3.65. The van der Waals surface area contributed by atoms with Crippen LogP contribution in [0.4, 0.5) is 0 Å². The van der Waals surface area contributed by atoms with Crippen LogP contribution < -0.4 is 5.32 Å². The summed E-state index contributed by atoms with van der Waals surface area (Å²) < 4.78 is 5.15. The maximum absolute atomic E-state index is 12.9. The van der Waals surface area contributed by atoms with E-state index in [1.54, 1.807) is 7.11 Å². The van der Waals surface area contributed by atoms with E-state index in [2.05, 4.69) is 41.4 Å². The molecular formula is C20H30N2O2. The topological polar surface area (TPSA) is 41.6 Å². The minimum absolute atomic E-state index is 0.231. The Kier molecular flexibility index (Phi) is 5.57. The minimum Gasteiger partial charge on any atom is -0.383 e. The van der Waals surface area contributed by atoms with Crippen molar-refractivity contribution >= 4 is 5.91 Å². The standard InChI is InChI=1S/C20H30N2O2/c1-16-5-3-6-18(13-16)20(8-4-9-20)19(23)21-14-17-7-10-22(15-17)11-12-24-2/h3,5-6,13,17H,4,7-12,14-15H2,1-2H3,(H,21,23)/t17-/m1/s1. The first-order valence-corrected chi connectivity index (χ1v) is 9.21. The molecule has 1 saturated carbocycles. The van der Waals surface area contributed by atoms with Crippen molar-refractivity contribution in [2.24, 2.45) is 5.92 Å². The molecule has 0 bridgehead atoms. The van der Waals surface area contributed by atoms with Gasteiger partial charge in [0.05, 0.1) is 12.0 Å². The number of nitrogens with zero attached hydrogens (tertiary/aromatic N) is 1. The number of hydrogen-bond acceptors (Lipinski definition) is 3. The molecule has 1 atom stereocenters. The second-order valence-electron chi connectivity index (χ2n) is 7.46. The summed E-state index contributed by atoms with van der Waals surface area (Å²) in [5.74, 6) is 0.801. The molecule has 1 heterocycles. The first kappa shape index (κ1) is 17.4. The number of benzene rings is 1. The Bertz CT molecular complexity index is 569. The van der Waals surface area contributed by atoms with E-state index in [1.165, 1.54) is 17.5 Å². The number of rotatable bonds is 7. The summed E-state index contributed by atoms with van der Waals surface area (Å²) in [6.07, 6.45) is 4.27. The van der Waals surface area contributed by atoms with Crippen LogP contribution in [-0.4, -0.2) is 50.7 Å². The summed E-state index contributed by atoms with van der Waals surface area (Å²) in [4.78, 5) is 15.4. The molecule has 132 valence electrons. The van der Waals surface area contributed by atoms with Gasteiger partial charge in [0.15, 0.2) is 0 Å². The number of amides is 1. The molecule has 0 radical (unpaired) electrons. The molecule has 4 nitrogen and oxygen atoms in total. The fourth-order valence-corrected chi connectivity index (χ4v) is 4.03. The van der Waals surface area contributed by atoms with Crippen molar-refractivity contribution in [3.63, 3.8) is 0 Å². The van der Waals surface area contributed by atoms with Gasteiger partial charge in [-0.3, -0.25) is 4.79 Å². The van der Waals surface area contributed by atoms with Crippen molar-refractivity contribution in [3.05, 3.63) is 35.4 Å². The molecule has 3 rings (SSSR count). The molecule has 0 unspecified atom stereocenters. The van der Waals surface area contributed by atoms with Gasteiger partial charge in [-0.15, -0.1) is 0 Å². The number of aryl methyl sites for hydroxylation is 1. The Balaban J connectivity index is 1.55. The van der Waals surface area contributed by atoms with Gasteiger partial charge in [-0.05, 0) is 44.2 Å². The number of likely N-dealkylation sites (tertiary alicyclic amines) is 1. The maximum Gasteiger partial charge on any atom is 0.230 e. The zero-order valence-corrected chi connectivity index (χ0v) is 15.0. The van der Waals surface area contributed by atoms with E-state index >= 15 is 0 Å². The molecule has 1 aliphatic carbocycles. The second kappa shape index (κ2) is 7.66. The van der Waals surface area contributed by atoms with Gasteiger partial charge in [-0.1, -0.05) is 36.2 Å². The first-order valence-electron chi connectivity index (χ1n) is 9.21. The second-order valence-corrected chi connectivity index (χ2v) is 7.46. The largest absolute Gasteiger partial charge is 0.383 e. The molecule has 1 amide bonds. The molecular weight excluding hydrogens is 300 g/mol. The molecule has 1 aromatic carbocycles.